The summed E-state index contributed by atoms with van der Waals surface area (Å²) >= 11 is 1.64. The van der Waals surface area contributed by atoms with Crippen LogP contribution in [0.15, 0.2) is 42.5 Å². The summed E-state index contributed by atoms with van der Waals surface area (Å²) < 4.78 is 6.65. The van der Waals surface area contributed by atoms with Crippen LogP contribution in [0.25, 0.3) is 10.2 Å². The van der Waals surface area contributed by atoms with Crippen LogP contribution in [0.1, 0.15) is 12.5 Å². The maximum Gasteiger partial charge on any atom is 0.269 e. The van der Waals surface area contributed by atoms with Gasteiger partial charge in [0.2, 0.25) is 5.91 Å². The van der Waals surface area contributed by atoms with Crippen LogP contribution in [-0.2, 0) is 11.2 Å². The van der Waals surface area contributed by atoms with Crippen molar-refractivity contribution in [2.75, 3.05) is 37.7 Å². The lowest BCUT2D eigenvalue weighted by Gasteiger charge is -2.34. The van der Waals surface area contributed by atoms with Crippen molar-refractivity contribution in [3.8, 4) is 5.75 Å². The number of fused-ring (bicyclic) bond motifs is 1. The molecule has 8 nitrogen and oxygen atoms in total. The molecule has 1 aliphatic heterocycles. The number of hydrogen-bond acceptors (Lipinski definition) is 7. The Balaban J connectivity index is 1.35. The lowest BCUT2D eigenvalue weighted by atomic mass is 10.1. The van der Waals surface area contributed by atoms with Gasteiger partial charge < -0.3 is 14.5 Å². The van der Waals surface area contributed by atoms with E-state index in [2.05, 4.69) is 4.90 Å². The zero-order valence-electron chi connectivity index (χ0n) is 16.6. The lowest BCUT2D eigenvalue weighted by molar-refractivity contribution is -0.384. The quantitative estimate of drug-likeness (QED) is 0.443. The highest BCUT2D eigenvalue weighted by Crippen LogP contribution is 2.32. The molecule has 0 spiro atoms. The molecule has 2 heterocycles. The number of piperazine rings is 1. The van der Waals surface area contributed by atoms with Crippen molar-refractivity contribution < 1.29 is 14.5 Å². The van der Waals surface area contributed by atoms with Crippen LogP contribution in [-0.4, -0.2) is 53.5 Å². The first kappa shape index (κ1) is 20.1. The molecule has 1 amide bonds. The minimum atomic E-state index is -0.440. The summed E-state index contributed by atoms with van der Waals surface area (Å²) in [6, 6.07) is 12.1. The first-order chi connectivity index (χ1) is 14.5. The van der Waals surface area contributed by atoms with Crippen LogP contribution in [0, 0.1) is 10.1 Å². The van der Waals surface area contributed by atoms with Crippen molar-refractivity contribution in [2.45, 2.75) is 13.3 Å². The fourth-order valence-electron chi connectivity index (χ4n) is 3.45. The highest BCUT2D eigenvalue weighted by Gasteiger charge is 2.23. The van der Waals surface area contributed by atoms with Crippen LogP contribution in [0.2, 0.25) is 0 Å². The average Bonchev–Trinajstić information content (AvgIpc) is 3.18. The summed E-state index contributed by atoms with van der Waals surface area (Å²) in [7, 11) is 0. The first-order valence-corrected chi connectivity index (χ1v) is 10.6. The van der Waals surface area contributed by atoms with Gasteiger partial charge in [0.15, 0.2) is 5.13 Å². The number of thiazole rings is 1. The molecule has 1 aromatic heterocycles. The van der Waals surface area contributed by atoms with E-state index in [4.69, 9.17) is 9.72 Å². The maximum absolute atomic E-state index is 12.6. The molecule has 156 valence electrons. The van der Waals surface area contributed by atoms with E-state index >= 15 is 0 Å². The topological polar surface area (TPSA) is 88.8 Å². The van der Waals surface area contributed by atoms with Crippen LogP contribution in [0.3, 0.4) is 0 Å². The van der Waals surface area contributed by atoms with Gasteiger partial charge in [-0.05, 0) is 30.7 Å². The number of nitro benzene ring substituents is 1. The highest BCUT2D eigenvalue weighted by molar-refractivity contribution is 7.22. The Morgan fingerprint density at radius 1 is 1.17 bits per heavy atom. The van der Waals surface area contributed by atoms with E-state index in [-0.39, 0.29) is 18.0 Å². The molecule has 0 atom stereocenters. The van der Waals surface area contributed by atoms with Crippen molar-refractivity contribution in [1.29, 1.82) is 0 Å². The monoisotopic (exact) mass is 426 g/mol. The largest absolute Gasteiger partial charge is 0.494 e. The molecular weight excluding hydrogens is 404 g/mol. The molecule has 1 aliphatic rings. The number of aromatic nitrogens is 1. The van der Waals surface area contributed by atoms with Gasteiger partial charge in [0.1, 0.15) is 5.75 Å². The van der Waals surface area contributed by atoms with Crippen molar-refractivity contribution in [2.24, 2.45) is 0 Å². The molecule has 30 heavy (non-hydrogen) atoms. The maximum atomic E-state index is 12.6. The molecule has 9 heteroatoms. The molecule has 0 bridgehead atoms. The van der Waals surface area contributed by atoms with E-state index in [0.717, 1.165) is 39.8 Å². The number of benzene rings is 2. The van der Waals surface area contributed by atoms with Crippen LogP contribution in [0.5, 0.6) is 5.75 Å². The molecule has 0 radical (unpaired) electrons. The van der Waals surface area contributed by atoms with Gasteiger partial charge in [-0.2, -0.15) is 0 Å². The van der Waals surface area contributed by atoms with Gasteiger partial charge >= 0.3 is 0 Å². The molecule has 0 aliphatic carbocycles. The fourth-order valence-corrected chi connectivity index (χ4v) is 4.50. The fraction of sp³-hybridized carbons (Fsp3) is 0.333. The van der Waals surface area contributed by atoms with Gasteiger partial charge in [-0.1, -0.05) is 23.5 Å². The van der Waals surface area contributed by atoms with Gasteiger partial charge in [-0.25, -0.2) is 4.98 Å². The summed E-state index contributed by atoms with van der Waals surface area (Å²) in [6.45, 7) is 5.31. The van der Waals surface area contributed by atoms with Gasteiger partial charge in [0.05, 0.1) is 28.2 Å². The number of anilines is 1. The highest BCUT2D eigenvalue weighted by atomic mass is 32.1. The van der Waals surface area contributed by atoms with Crippen molar-refractivity contribution >= 4 is 38.3 Å². The summed E-state index contributed by atoms with van der Waals surface area (Å²) in [4.78, 5) is 31.7. The Morgan fingerprint density at radius 3 is 2.57 bits per heavy atom. The number of hydrogen-bond donors (Lipinski definition) is 0. The average molecular weight is 426 g/mol. The molecule has 1 saturated heterocycles. The van der Waals surface area contributed by atoms with Crippen LogP contribution in [0.4, 0.5) is 10.8 Å². The summed E-state index contributed by atoms with van der Waals surface area (Å²) in [6.07, 6.45) is 0.249. The second kappa shape index (κ2) is 8.66. The molecule has 0 unspecified atom stereocenters. The predicted molar refractivity (Wildman–Crippen MR) is 116 cm³/mol. The molecule has 4 rings (SSSR count). The summed E-state index contributed by atoms with van der Waals surface area (Å²) in [5, 5.41) is 11.7. The van der Waals surface area contributed by atoms with Crippen molar-refractivity contribution in [3.63, 3.8) is 0 Å². The SMILES string of the molecule is CCOc1ccc2nc(N3CCN(C(=O)Cc4ccc([N+](=O)[O-])cc4)CC3)sc2c1. The van der Waals surface area contributed by atoms with Gasteiger partial charge in [-0.3, -0.25) is 14.9 Å². The molecular formula is C21H22N4O4S. The molecule has 2 aromatic carbocycles. The minimum absolute atomic E-state index is 0.0315. The zero-order chi connectivity index (χ0) is 21.1. The second-order valence-corrected chi connectivity index (χ2v) is 8.04. The third-order valence-electron chi connectivity index (χ3n) is 5.07. The molecule has 3 aromatic rings. The Hall–Kier alpha value is -3.20. The molecule has 0 saturated carbocycles. The number of nitrogens with zero attached hydrogens (tertiary/aromatic N) is 4. The van der Waals surface area contributed by atoms with Crippen LogP contribution >= 0.6 is 11.3 Å². The number of carbonyl (C=O) groups excluding carboxylic acids is 1. The summed E-state index contributed by atoms with van der Waals surface area (Å²) in [5.74, 6) is 0.885. The normalized spacial score (nSPS) is 14.2. The van der Waals surface area contributed by atoms with Gasteiger partial charge in [-0.15, -0.1) is 0 Å². The van der Waals surface area contributed by atoms with E-state index in [9.17, 15) is 14.9 Å². The van der Waals surface area contributed by atoms with E-state index in [0.29, 0.717) is 19.7 Å². The zero-order valence-corrected chi connectivity index (χ0v) is 17.4. The number of nitro groups is 1. The standard InChI is InChI=1S/C21H22N4O4S/c1-2-29-17-7-8-18-19(14-17)30-21(22-18)24-11-9-23(10-12-24)20(26)13-15-3-5-16(6-4-15)25(27)28/h3-8,14H,2,9-13H2,1H3. The number of amides is 1. The Labute approximate surface area is 177 Å². The minimum Gasteiger partial charge on any atom is -0.494 e. The van der Waals surface area contributed by atoms with E-state index in [1.54, 1.807) is 23.5 Å². The van der Waals surface area contributed by atoms with Gasteiger partial charge in [0.25, 0.3) is 5.69 Å². The Bertz CT molecular complexity index is 1060. The second-order valence-electron chi connectivity index (χ2n) is 7.03. The predicted octanol–water partition coefficient (Wildman–Crippen LogP) is 3.49. The molecule has 0 N–H and O–H groups in total. The third-order valence-corrected chi connectivity index (χ3v) is 6.14. The van der Waals surface area contributed by atoms with Crippen molar-refractivity contribution in [3.05, 3.63) is 58.1 Å². The smallest absolute Gasteiger partial charge is 0.269 e. The summed E-state index contributed by atoms with van der Waals surface area (Å²) in [5.41, 5.74) is 1.77. The number of non-ortho nitro benzene ring substituents is 1. The Morgan fingerprint density at radius 2 is 1.90 bits per heavy atom. The lowest BCUT2D eigenvalue weighted by Crippen LogP contribution is -2.49. The van der Waals surface area contributed by atoms with Gasteiger partial charge in [0, 0.05) is 38.3 Å². The van der Waals surface area contributed by atoms with Crippen molar-refractivity contribution in [1.82, 2.24) is 9.88 Å². The number of ether oxygens (including phenoxy) is 1. The van der Waals surface area contributed by atoms with Crippen LogP contribution < -0.4 is 9.64 Å². The van der Waals surface area contributed by atoms with E-state index < -0.39 is 4.92 Å². The number of carbonyl (C=O) groups is 1. The molecule has 1 fully saturated rings. The van der Waals surface area contributed by atoms with E-state index in [1.807, 2.05) is 30.0 Å². The third kappa shape index (κ3) is 4.35. The Kier molecular flexibility index (Phi) is 5.80. The van der Waals surface area contributed by atoms with E-state index in [1.165, 1.54) is 12.1 Å². The number of rotatable bonds is 6. The first-order valence-electron chi connectivity index (χ1n) is 9.83.